The number of amides is 1. The highest BCUT2D eigenvalue weighted by Crippen LogP contribution is 2.14. The summed E-state index contributed by atoms with van der Waals surface area (Å²) in [5.41, 5.74) is 5.51. The van der Waals surface area contributed by atoms with Gasteiger partial charge >= 0.3 is 0 Å². The molecule has 0 aromatic heterocycles. The molecule has 5 N–H and O–H groups in total. The first-order chi connectivity index (χ1) is 8.66. The first kappa shape index (κ1) is 15.6. The maximum absolute atomic E-state index is 11.8. The fourth-order valence-corrected chi connectivity index (χ4v) is 1.93. The fourth-order valence-electron chi connectivity index (χ4n) is 1.35. The molecule has 0 saturated carbocycles. The van der Waals surface area contributed by atoms with E-state index in [-0.39, 0.29) is 23.9 Å². The van der Waals surface area contributed by atoms with E-state index in [9.17, 15) is 13.2 Å². The number of rotatable bonds is 5. The first-order valence-corrected chi connectivity index (χ1v) is 7.31. The number of carbonyl (C=O) groups is 1. The number of hydrogen-bond donors (Lipinski definition) is 3. The average molecular weight is 285 g/mol. The Morgan fingerprint density at radius 3 is 2.53 bits per heavy atom. The molecule has 0 aliphatic carbocycles. The van der Waals surface area contributed by atoms with Gasteiger partial charge in [-0.1, -0.05) is 12.1 Å². The predicted molar refractivity (Wildman–Crippen MR) is 72.5 cm³/mol. The van der Waals surface area contributed by atoms with E-state index in [1.54, 1.807) is 26.0 Å². The van der Waals surface area contributed by atoms with E-state index in [0.29, 0.717) is 5.56 Å². The number of primary sulfonamides is 1. The van der Waals surface area contributed by atoms with Gasteiger partial charge in [0.1, 0.15) is 0 Å². The molecule has 7 heteroatoms. The van der Waals surface area contributed by atoms with Crippen LogP contribution in [0, 0.1) is 5.41 Å². The summed E-state index contributed by atoms with van der Waals surface area (Å²) in [5.74, 6) is -0.184. The number of sulfonamides is 1. The number of hydrogen-bond acceptors (Lipinski definition) is 4. The molecule has 6 nitrogen and oxygen atoms in total. The number of carbonyl (C=O) groups excluding carboxylic acids is 1. The van der Waals surface area contributed by atoms with Crippen molar-refractivity contribution in [2.75, 3.05) is 6.54 Å². The van der Waals surface area contributed by atoms with Gasteiger partial charge < -0.3 is 11.1 Å². The van der Waals surface area contributed by atoms with Crippen LogP contribution in [0.1, 0.15) is 19.4 Å². The highest BCUT2D eigenvalue weighted by Gasteiger charge is 2.25. The van der Waals surface area contributed by atoms with Crippen LogP contribution in [0.15, 0.2) is 29.2 Å². The summed E-state index contributed by atoms with van der Waals surface area (Å²) in [5, 5.41) is 7.75. The largest absolute Gasteiger partial charge is 0.352 e. The van der Waals surface area contributed by atoms with Gasteiger partial charge in [-0.3, -0.25) is 4.79 Å². The maximum atomic E-state index is 11.8. The van der Waals surface area contributed by atoms with Gasteiger partial charge in [0.05, 0.1) is 10.3 Å². The van der Waals surface area contributed by atoms with Gasteiger partial charge in [-0.05, 0) is 31.5 Å². The molecule has 0 aliphatic rings. The SMILES string of the molecule is CC(C)(CN)C(=O)NCc1cccc(S(N)(=O)=O)c1. The monoisotopic (exact) mass is 285 g/mol. The molecule has 0 spiro atoms. The second-order valence-electron chi connectivity index (χ2n) is 4.96. The lowest BCUT2D eigenvalue weighted by atomic mass is 9.92. The van der Waals surface area contributed by atoms with Crippen LogP contribution in [0.4, 0.5) is 0 Å². The molecule has 0 fully saturated rings. The lowest BCUT2D eigenvalue weighted by Gasteiger charge is -2.21. The van der Waals surface area contributed by atoms with Gasteiger partial charge in [-0.2, -0.15) is 0 Å². The summed E-state index contributed by atoms with van der Waals surface area (Å²) >= 11 is 0. The van der Waals surface area contributed by atoms with Crippen LogP contribution in [0.2, 0.25) is 0 Å². The molecule has 1 aromatic rings. The number of nitrogens with one attached hydrogen (secondary N) is 1. The van der Waals surface area contributed by atoms with Crippen molar-refractivity contribution in [3.8, 4) is 0 Å². The molecular formula is C12H19N3O3S. The van der Waals surface area contributed by atoms with Crippen molar-refractivity contribution in [1.29, 1.82) is 0 Å². The molecule has 1 aromatic carbocycles. The third kappa shape index (κ3) is 4.30. The standard InChI is InChI=1S/C12H19N3O3S/c1-12(2,8-13)11(16)15-7-9-4-3-5-10(6-9)19(14,17)18/h3-6H,7-8,13H2,1-2H3,(H,15,16)(H2,14,17,18). The normalized spacial score (nSPS) is 12.2. The Bertz CT molecular complexity index is 567. The first-order valence-electron chi connectivity index (χ1n) is 5.77. The van der Waals surface area contributed by atoms with Crippen LogP contribution in [0.5, 0.6) is 0 Å². The Labute approximate surface area is 113 Å². The van der Waals surface area contributed by atoms with Gasteiger partial charge in [-0.15, -0.1) is 0 Å². The van der Waals surface area contributed by atoms with Crippen molar-refractivity contribution >= 4 is 15.9 Å². The molecule has 106 valence electrons. The Morgan fingerprint density at radius 2 is 2.00 bits per heavy atom. The fraction of sp³-hybridized carbons (Fsp3) is 0.417. The van der Waals surface area contributed by atoms with Gasteiger partial charge in [0.25, 0.3) is 0 Å². The summed E-state index contributed by atoms with van der Waals surface area (Å²) in [6.07, 6.45) is 0. The predicted octanol–water partition coefficient (Wildman–Crippen LogP) is -0.0649. The third-order valence-electron chi connectivity index (χ3n) is 2.81. The molecule has 1 amide bonds. The summed E-state index contributed by atoms with van der Waals surface area (Å²) in [7, 11) is -3.73. The van der Waals surface area contributed by atoms with Crippen LogP contribution in [-0.2, 0) is 21.4 Å². The number of nitrogens with two attached hydrogens (primary N) is 2. The van der Waals surface area contributed by atoms with Crippen molar-refractivity contribution in [1.82, 2.24) is 5.32 Å². The minimum atomic E-state index is -3.73. The highest BCUT2D eigenvalue weighted by molar-refractivity contribution is 7.89. The Morgan fingerprint density at radius 1 is 1.37 bits per heavy atom. The summed E-state index contributed by atoms with van der Waals surface area (Å²) in [4.78, 5) is 11.8. The second-order valence-corrected chi connectivity index (χ2v) is 6.52. The van der Waals surface area contributed by atoms with E-state index in [0.717, 1.165) is 0 Å². The van der Waals surface area contributed by atoms with Crippen LogP contribution in [0.3, 0.4) is 0 Å². The van der Waals surface area contributed by atoms with Crippen molar-refractivity contribution in [2.45, 2.75) is 25.3 Å². The summed E-state index contributed by atoms with van der Waals surface area (Å²) in [6, 6.07) is 6.13. The van der Waals surface area contributed by atoms with Crippen LogP contribution in [-0.4, -0.2) is 20.9 Å². The lowest BCUT2D eigenvalue weighted by Crippen LogP contribution is -2.41. The second kappa shape index (κ2) is 5.68. The van der Waals surface area contributed by atoms with Crippen molar-refractivity contribution < 1.29 is 13.2 Å². The molecule has 0 bridgehead atoms. The average Bonchev–Trinajstić information content (AvgIpc) is 2.35. The highest BCUT2D eigenvalue weighted by atomic mass is 32.2. The van der Waals surface area contributed by atoms with Crippen LogP contribution in [0.25, 0.3) is 0 Å². The molecule has 0 radical (unpaired) electrons. The quantitative estimate of drug-likeness (QED) is 0.702. The number of benzene rings is 1. The molecule has 0 saturated heterocycles. The van der Waals surface area contributed by atoms with E-state index < -0.39 is 15.4 Å². The van der Waals surface area contributed by atoms with E-state index >= 15 is 0 Å². The van der Waals surface area contributed by atoms with Gasteiger partial charge in [0, 0.05) is 13.1 Å². The molecule has 0 aliphatic heterocycles. The zero-order valence-corrected chi connectivity index (χ0v) is 11.8. The zero-order valence-electron chi connectivity index (χ0n) is 11.0. The van der Waals surface area contributed by atoms with Gasteiger partial charge in [0.15, 0.2) is 0 Å². The molecule has 1 rings (SSSR count). The lowest BCUT2D eigenvalue weighted by molar-refractivity contribution is -0.129. The van der Waals surface area contributed by atoms with Crippen molar-refractivity contribution in [3.63, 3.8) is 0 Å². The van der Waals surface area contributed by atoms with E-state index in [2.05, 4.69) is 5.32 Å². The summed E-state index contributed by atoms with van der Waals surface area (Å²) in [6.45, 7) is 3.94. The molecule has 0 unspecified atom stereocenters. The Balaban J connectivity index is 2.77. The Kier molecular flexibility index (Phi) is 4.67. The van der Waals surface area contributed by atoms with Crippen LogP contribution < -0.4 is 16.2 Å². The zero-order chi connectivity index (χ0) is 14.7. The Hall–Kier alpha value is -1.44. The third-order valence-corrected chi connectivity index (χ3v) is 3.72. The molecule has 0 atom stereocenters. The van der Waals surface area contributed by atoms with Crippen LogP contribution >= 0.6 is 0 Å². The minimum absolute atomic E-state index is 0.0253. The molecule has 19 heavy (non-hydrogen) atoms. The smallest absolute Gasteiger partial charge is 0.238 e. The van der Waals surface area contributed by atoms with E-state index in [1.807, 2.05) is 0 Å². The molecule has 0 heterocycles. The van der Waals surface area contributed by atoms with Gasteiger partial charge in [0.2, 0.25) is 15.9 Å². The van der Waals surface area contributed by atoms with Gasteiger partial charge in [-0.25, -0.2) is 13.6 Å². The maximum Gasteiger partial charge on any atom is 0.238 e. The summed E-state index contributed by atoms with van der Waals surface area (Å²) < 4.78 is 22.4. The molecular weight excluding hydrogens is 266 g/mol. The van der Waals surface area contributed by atoms with E-state index in [1.165, 1.54) is 12.1 Å². The topological polar surface area (TPSA) is 115 Å². The van der Waals surface area contributed by atoms with E-state index in [4.69, 9.17) is 10.9 Å². The minimum Gasteiger partial charge on any atom is -0.352 e. The van der Waals surface area contributed by atoms with Crippen molar-refractivity contribution in [2.24, 2.45) is 16.3 Å². The van der Waals surface area contributed by atoms with Crippen molar-refractivity contribution in [3.05, 3.63) is 29.8 Å².